The van der Waals surface area contributed by atoms with E-state index in [2.05, 4.69) is 66.2 Å². The molecule has 3 aromatic carbocycles. The molecule has 0 unspecified atom stereocenters. The molecule has 0 fully saturated rings. The molecule has 0 amide bonds. The summed E-state index contributed by atoms with van der Waals surface area (Å²) in [7, 11) is -0.385. The molecule has 0 spiro atoms. The fourth-order valence-electron chi connectivity index (χ4n) is 6.75. The van der Waals surface area contributed by atoms with Crippen LogP contribution < -0.4 is 14.8 Å². The van der Waals surface area contributed by atoms with Gasteiger partial charge in [-0.25, -0.2) is 0 Å². The lowest BCUT2D eigenvalue weighted by molar-refractivity contribution is 0.398. The van der Waals surface area contributed by atoms with Crippen LogP contribution in [0.25, 0.3) is 11.1 Å². The fraction of sp³-hybridized carbons (Fsp3) is 0.486. The van der Waals surface area contributed by atoms with Gasteiger partial charge in [0, 0.05) is 15.4 Å². The molecule has 4 heteroatoms. The Labute approximate surface area is 245 Å². The van der Waals surface area contributed by atoms with E-state index in [0.29, 0.717) is 0 Å². The number of fused-ring (bicyclic) bond motifs is 4. The average Bonchev–Trinajstić information content (AvgIpc) is 3.50. The second-order valence-electron chi connectivity index (χ2n) is 11.6. The lowest BCUT2D eigenvalue weighted by Crippen LogP contribution is -2.40. The summed E-state index contributed by atoms with van der Waals surface area (Å²) in [4.78, 5) is 0. The first-order valence-corrected chi connectivity index (χ1v) is 16.3. The van der Waals surface area contributed by atoms with Gasteiger partial charge < -0.3 is 9.31 Å². The highest BCUT2D eigenvalue weighted by molar-refractivity contribution is 9.10. The number of hydrogen-bond donors (Lipinski definition) is 0. The van der Waals surface area contributed by atoms with Crippen molar-refractivity contribution in [3.8, 4) is 22.6 Å². The van der Waals surface area contributed by atoms with Crippen LogP contribution in [-0.4, -0.2) is 7.12 Å². The van der Waals surface area contributed by atoms with E-state index in [9.17, 15) is 0 Å². The van der Waals surface area contributed by atoms with E-state index < -0.39 is 0 Å². The molecule has 5 rings (SSSR count). The molecule has 1 aliphatic carbocycles. The highest BCUT2D eigenvalue weighted by Gasteiger charge is 2.44. The lowest BCUT2D eigenvalue weighted by atomic mass is 9.68. The second kappa shape index (κ2) is 13.4. The molecule has 0 bridgehead atoms. The van der Waals surface area contributed by atoms with E-state index >= 15 is 0 Å². The molecule has 1 aliphatic heterocycles. The molecule has 1 heterocycles. The van der Waals surface area contributed by atoms with Crippen LogP contribution in [0.2, 0.25) is 0 Å². The van der Waals surface area contributed by atoms with Crippen molar-refractivity contribution < 1.29 is 9.31 Å². The standard InChI is InChI=1S/C35H44BBrO2/c1-3-5-7-9-11-15-23-35(24-16-12-10-8-6-4-2)31-25-27(36-38-33-17-13-14-18-34(33)39-36)19-21-29(31)30-22-20-28(37)26-32(30)35/h13-14,17-22,25-26H,3-12,15-16,23-24H2,1-2H3. The largest absolute Gasteiger partial charge is 0.632 e. The van der Waals surface area contributed by atoms with Crippen molar-refractivity contribution in [3.63, 3.8) is 0 Å². The van der Waals surface area contributed by atoms with Crippen LogP contribution in [0, 0.1) is 0 Å². The predicted octanol–water partition coefficient (Wildman–Crippen LogP) is 10.4. The molecule has 3 aromatic rings. The van der Waals surface area contributed by atoms with Gasteiger partial charge in [0.1, 0.15) is 11.5 Å². The molecule has 0 N–H and O–H groups in total. The van der Waals surface area contributed by atoms with Gasteiger partial charge in [-0.05, 0) is 59.4 Å². The van der Waals surface area contributed by atoms with Crippen molar-refractivity contribution in [1.29, 1.82) is 0 Å². The number of halogens is 1. The third-order valence-electron chi connectivity index (χ3n) is 8.85. The van der Waals surface area contributed by atoms with Gasteiger partial charge in [0.05, 0.1) is 0 Å². The lowest BCUT2D eigenvalue weighted by Gasteiger charge is -2.33. The molecule has 0 atom stereocenters. The number of benzene rings is 3. The maximum Gasteiger partial charge on any atom is 0.632 e. The van der Waals surface area contributed by atoms with Gasteiger partial charge in [0.25, 0.3) is 0 Å². The Morgan fingerprint density at radius 2 is 1.13 bits per heavy atom. The minimum Gasteiger partial charge on any atom is -0.519 e. The van der Waals surface area contributed by atoms with E-state index in [1.54, 1.807) is 0 Å². The number of hydrogen-bond acceptors (Lipinski definition) is 2. The molecule has 0 aromatic heterocycles. The van der Waals surface area contributed by atoms with Gasteiger partial charge >= 0.3 is 7.12 Å². The molecular formula is C35H44BBrO2. The Morgan fingerprint density at radius 1 is 0.615 bits per heavy atom. The minimum atomic E-state index is -0.385. The van der Waals surface area contributed by atoms with Gasteiger partial charge in [-0.3, -0.25) is 0 Å². The van der Waals surface area contributed by atoms with Crippen molar-refractivity contribution in [3.05, 3.63) is 76.3 Å². The van der Waals surface area contributed by atoms with Crippen LogP contribution in [0.4, 0.5) is 0 Å². The van der Waals surface area contributed by atoms with Gasteiger partial charge in [-0.1, -0.05) is 143 Å². The summed E-state index contributed by atoms with van der Waals surface area (Å²) >= 11 is 3.83. The zero-order chi connectivity index (χ0) is 27.1. The monoisotopic (exact) mass is 586 g/mol. The maximum atomic E-state index is 6.26. The van der Waals surface area contributed by atoms with Crippen LogP contribution in [0.1, 0.15) is 115 Å². The van der Waals surface area contributed by atoms with Gasteiger partial charge in [-0.15, -0.1) is 0 Å². The first-order chi connectivity index (χ1) is 19.2. The third-order valence-corrected chi connectivity index (χ3v) is 9.34. The van der Waals surface area contributed by atoms with Crippen LogP contribution in [-0.2, 0) is 5.41 Å². The Kier molecular flexibility index (Phi) is 9.77. The van der Waals surface area contributed by atoms with Crippen LogP contribution >= 0.6 is 15.9 Å². The van der Waals surface area contributed by atoms with Crippen molar-refractivity contribution in [1.82, 2.24) is 0 Å². The van der Waals surface area contributed by atoms with Gasteiger partial charge in [0.2, 0.25) is 0 Å². The summed E-state index contributed by atoms with van der Waals surface area (Å²) in [6.07, 6.45) is 18.3. The molecule has 39 heavy (non-hydrogen) atoms. The molecule has 0 saturated heterocycles. The predicted molar refractivity (Wildman–Crippen MR) is 169 cm³/mol. The SMILES string of the molecule is CCCCCCCCC1(CCCCCCCC)c2cc(Br)ccc2-c2ccc(B3Oc4ccccc4O3)cc21. The Bertz CT molecular complexity index is 1200. The Balaban J connectivity index is 1.46. The summed E-state index contributed by atoms with van der Waals surface area (Å²) in [6.45, 7) is 4.60. The second-order valence-corrected chi connectivity index (χ2v) is 12.5. The topological polar surface area (TPSA) is 18.5 Å². The summed E-state index contributed by atoms with van der Waals surface area (Å²) in [6, 6.07) is 21.9. The smallest absolute Gasteiger partial charge is 0.519 e. The van der Waals surface area contributed by atoms with E-state index in [4.69, 9.17) is 9.31 Å². The number of para-hydroxylation sites is 2. The Morgan fingerprint density at radius 3 is 1.72 bits per heavy atom. The van der Waals surface area contributed by atoms with E-state index in [1.165, 1.54) is 117 Å². The molecule has 2 nitrogen and oxygen atoms in total. The zero-order valence-electron chi connectivity index (χ0n) is 23.9. The summed E-state index contributed by atoms with van der Waals surface area (Å²) in [5.74, 6) is 1.67. The summed E-state index contributed by atoms with van der Waals surface area (Å²) in [5, 5.41) is 0. The first-order valence-electron chi connectivity index (χ1n) is 15.5. The quantitative estimate of drug-likeness (QED) is 0.130. The normalized spacial score (nSPS) is 14.5. The molecule has 0 saturated carbocycles. The summed E-state index contributed by atoms with van der Waals surface area (Å²) < 4.78 is 13.7. The Hall–Kier alpha value is -2.20. The molecule has 2 aliphatic rings. The number of unbranched alkanes of at least 4 members (excludes halogenated alkanes) is 10. The third kappa shape index (κ3) is 6.27. The fourth-order valence-corrected chi connectivity index (χ4v) is 7.11. The van der Waals surface area contributed by atoms with Crippen LogP contribution in [0.5, 0.6) is 11.5 Å². The van der Waals surface area contributed by atoms with Crippen molar-refractivity contribution in [2.24, 2.45) is 0 Å². The van der Waals surface area contributed by atoms with E-state index in [-0.39, 0.29) is 12.5 Å². The van der Waals surface area contributed by atoms with E-state index in [1.807, 2.05) is 24.3 Å². The highest BCUT2D eigenvalue weighted by atomic mass is 79.9. The molecule has 0 radical (unpaired) electrons. The number of rotatable bonds is 15. The van der Waals surface area contributed by atoms with Crippen molar-refractivity contribution >= 4 is 28.5 Å². The van der Waals surface area contributed by atoms with Crippen LogP contribution in [0.3, 0.4) is 0 Å². The molecular weight excluding hydrogens is 543 g/mol. The van der Waals surface area contributed by atoms with Gasteiger partial charge in [0.15, 0.2) is 0 Å². The van der Waals surface area contributed by atoms with E-state index in [0.717, 1.165) is 17.0 Å². The molecule has 206 valence electrons. The minimum absolute atomic E-state index is 0.0470. The average molecular weight is 587 g/mol. The van der Waals surface area contributed by atoms with Crippen LogP contribution in [0.15, 0.2) is 65.1 Å². The first kappa shape index (κ1) is 28.3. The highest BCUT2D eigenvalue weighted by Crippen LogP contribution is 2.54. The summed E-state index contributed by atoms with van der Waals surface area (Å²) in [5.41, 5.74) is 6.97. The maximum absolute atomic E-state index is 6.26. The van der Waals surface area contributed by atoms with Crippen molar-refractivity contribution in [2.75, 3.05) is 0 Å². The van der Waals surface area contributed by atoms with Gasteiger partial charge in [-0.2, -0.15) is 0 Å². The zero-order valence-corrected chi connectivity index (χ0v) is 25.5. The van der Waals surface area contributed by atoms with Crippen molar-refractivity contribution in [2.45, 2.75) is 109 Å².